The van der Waals surface area contributed by atoms with Crippen molar-refractivity contribution < 1.29 is 5.11 Å². The predicted molar refractivity (Wildman–Crippen MR) is 70.1 cm³/mol. The molecule has 0 saturated heterocycles. The second-order valence-electron chi connectivity index (χ2n) is 4.71. The maximum absolute atomic E-state index is 9.28. The van der Waals surface area contributed by atoms with E-state index in [1.807, 2.05) is 12.1 Å². The minimum atomic E-state index is 0.337. The Morgan fingerprint density at radius 1 is 1.19 bits per heavy atom. The number of phenolic OH excluding ortho intramolecular Hbond substituents is 1. The van der Waals surface area contributed by atoms with Gasteiger partial charge in [0.05, 0.1) is 0 Å². The van der Waals surface area contributed by atoms with Crippen molar-refractivity contribution in [2.75, 3.05) is 18.0 Å². The first-order valence-electron chi connectivity index (χ1n) is 6.17. The number of hydrogen-bond acceptors (Lipinski definition) is 2. The third-order valence-electron chi connectivity index (χ3n) is 2.58. The first kappa shape index (κ1) is 12.9. The van der Waals surface area contributed by atoms with E-state index in [0.717, 1.165) is 13.1 Å². The Bertz CT molecular complexity index is 292. The molecule has 0 aliphatic heterocycles. The van der Waals surface area contributed by atoms with E-state index >= 15 is 0 Å². The van der Waals surface area contributed by atoms with E-state index in [4.69, 9.17) is 0 Å². The van der Waals surface area contributed by atoms with Gasteiger partial charge in [0, 0.05) is 18.8 Å². The molecular weight excluding hydrogens is 198 g/mol. The molecule has 0 fully saturated rings. The summed E-state index contributed by atoms with van der Waals surface area (Å²) in [5, 5.41) is 9.28. The fourth-order valence-electron chi connectivity index (χ4n) is 1.78. The van der Waals surface area contributed by atoms with Crippen LogP contribution >= 0.6 is 0 Å². The highest BCUT2D eigenvalue weighted by molar-refractivity contribution is 5.48. The van der Waals surface area contributed by atoms with Crippen molar-refractivity contribution in [3.05, 3.63) is 24.3 Å². The molecule has 1 aromatic carbocycles. The molecule has 0 aliphatic carbocycles. The van der Waals surface area contributed by atoms with E-state index in [0.29, 0.717) is 11.7 Å². The van der Waals surface area contributed by atoms with Gasteiger partial charge in [-0.3, -0.25) is 0 Å². The number of benzene rings is 1. The van der Waals surface area contributed by atoms with Gasteiger partial charge in [-0.05, 0) is 36.6 Å². The molecule has 0 aliphatic rings. The highest BCUT2D eigenvalue weighted by Gasteiger charge is 2.07. The molecule has 90 valence electrons. The minimum absolute atomic E-state index is 0.337. The molecule has 16 heavy (non-hydrogen) atoms. The lowest BCUT2D eigenvalue weighted by molar-refractivity contribution is 0.475. The van der Waals surface area contributed by atoms with Gasteiger partial charge in [0.1, 0.15) is 5.75 Å². The average Bonchev–Trinajstić information content (AvgIpc) is 2.25. The summed E-state index contributed by atoms with van der Waals surface area (Å²) in [5.74, 6) is 0.995. The summed E-state index contributed by atoms with van der Waals surface area (Å²) in [6.45, 7) is 8.85. The van der Waals surface area contributed by atoms with Crippen LogP contribution in [0.3, 0.4) is 0 Å². The van der Waals surface area contributed by atoms with Crippen LogP contribution in [0.2, 0.25) is 0 Å². The minimum Gasteiger partial charge on any atom is -0.508 e. The zero-order valence-corrected chi connectivity index (χ0v) is 10.6. The summed E-state index contributed by atoms with van der Waals surface area (Å²) < 4.78 is 0. The monoisotopic (exact) mass is 221 g/mol. The molecule has 2 heteroatoms. The van der Waals surface area contributed by atoms with Gasteiger partial charge in [-0.15, -0.1) is 0 Å². The molecule has 0 radical (unpaired) electrons. The van der Waals surface area contributed by atoms with E-state index in [1.54, 1.807) is 12.1 Å². The summed E-state index contributed by atoms with van der Waals surface area (Å²) in [6.07, 6.45) is 2.43. The molecule has 0 aromatic heterocycles. The van der Waals surface area contributed by atoms with Gasteiger partial charge in [0.2, 0.25) is 0 Å². The van der Waals surface area contributed by atoms with Crippen molar-refractivity contribution in [2.45, 2.75) is 33.6 Å². The van der Waals surface area contributed by atoms with Crippen molar-refractivity contribution in [1.29, 1.82) is 0 Å². The fraction of sp³-hybridized carbons (Fsp3) is 0.571. The number of unbranched alkanes of at least 4 members (excludes halogenated alkanes) is 1. The van der Waals surface area contributed by atoms with Crippen molar-refractivity contribution >= 4 is 5.69 Å². The summed E-state index contributed by atoms with van der Waals surface area (Å²) in [5.41, 5.74) is 1.21. The summed E-state index contributed by atoms with van der Waals surface area (Å²) in [4.78, 5) is 2.40. The van der Waals surface area contributed by atoms with E-state index in [2.05, 4.69) is 25.7 Å². The summed E-state index contributed by atoms with van der Waals surface area (Å²) in [6, 6.07) is 7.50. The van der Waals surface area contributed by atoms with Crippen LogP contribution in [0, 0.1) is 5.92 Å². The Balaban J connectivity index is 2.70. The van der Waals surface area contributed by atoms with Crippen LogP contribution in [-0.2, 0) is 0 Å². The van der Waals surface area contributed by atoms with Gasteiger partial charge in [0.25, 0.3) is 0 Å². The van der Waals surface area contributed by atoms with Crippen LogP contribution in [-0.4, -0.2) is 18.2 Å². The molecule has 1 rings (SSSR count). The standard InChI is InChI=1S/C14H23NO/c1-4-5-10-15(11-12(2)3)13-6-8-14(16)9-7-13/h6-9,12,16H,4-5,10-11H2,1-3H3. The van der Waals surface area contributed by atoms with Crippen molar-refractivity contribution in [3.63, 3.8) is 0 Å². The Morgan fingerprint density at radius 3 is 2.31 bits per heavy atom. The van der Waals surface area contributed by atoms with Gasteiger partial charge in [-0.25, -0.2) is 0 Å². The van der Waals surface area contributed by atoms with Crippen LogP contribution in [0.15, 0.2) is 24.3 Å². The van der Waals surface area contributed by atoms with Crippen LogP contribution < -0.4 is 4.90 Å². The molecule has 1 N–H and O–H groups in total. The lowest BCUT2D eigenvalue weighted by Gasteiger charge is -2.26. The van der Waals surface area contributed by atoms with Crippen molar-refractivity contribution in [2.24, 2.45) is 5.92 Å². The molecule has 0 heterocycles. The maximum Gasteiger partial charge on any atom is 0.115 e. The molecule has 0 amide bonds. The van der Waals surface area contributed by atoms with E-state index in [1.165, 1.54) is 18.5 Å². The number of hydrogen-bond donors (Lipinski definition) is 1. The molecular formula is C14H23NO. The molecule has 0 spiro atoms. The molecule has 0 unspecified atom stereocenters. The SMILES string of the molecule is CCCCN(CC(C)C)c1ccc(O)cc1. The molecule has 0 atom stereocenters. The Labute approximate surface area is 98.9 Å². The second-order valence-corrected chi connectivity index (χ2v) is 4.71. The van der Waals surface area contributed by atoms with Crippen LogP contribution in [0.4, 0.5) is 5.69 Å². The zero-order valence-electron chi connectivity index (χ0n) is 10.6. The maximum atomic E-state index is 9.28. The quantitative estimate of drug-likeness (QED) is 0.792. The van der Waals surface area contributed by atoms with Crippen LogP contribution in [0.25, 0.3) is 0 Å². The van der Waals surface area contributed by atoms with E-state index in [-0.39, 0.29) is 0 Å². The lowest BCUT2D eigenvalue weighted by atomic mass is 10.1. The smallest absolute Gasteiger partial charge is 0.115 e. The molecule has 0 saturated carbocycles. The van der Waals surface area contributed by atoms with Gasteiger partial charge in [-0.1, -0.05) is 27.2 Å². The fourth-order valence-corrected chi connectivity index (χ4v) is 1.78. The Hall–Kier alpha value is -1.18. The highest BCUT2D eigenvalue weighted by Crippen LogP contribution is 2.19. The first-order valence-corrected chi connectivity index (χ1v) is 6.17. The predicted octanol–water partition coefficient (Wildman–Crippen LogP) is 3.65. The third kappa shape index (κ3) is 4.13. The number of nitrogens with zero attached hydrogens (tertiary/aromatic N) is 1. The van der Waals surface area contributed by atoms with Crippen molar-refractivity contribution in [3.8, 4) is 5.75 Å². The Kier molecular flexibility index (Phi) is 5.17. The van der Waals surface area contributed by atoms with Gasteiger partial charge >= 0.3 is 0 Å². The first-order chi connectivity index (χ1) is 7.63. The normalized spacial score (nSPS) is 10.8. The number of rotatable bonds is 6. The second kappa shape index (κ2) is 6.41. The molecule has 2 nitrogen and oxygen atoms in total. The average molecular weight is 221 g/mol. The van der Waals surface area contributed by atoms with Crippen molar-refractivity contribution in [1.82, 2.24) is 0 Å². The van der Waals surface area contributed by atoms with Crippen LogP contribution in [0.1, 0.15) is 33.6 Å². The zero-order chi connectivity index (χ0) is 12.0. The number of phenols is 1. The molecule has 0 bridgehead atoms. The summed E-state index contributed by atoms with van der Waals surface area (Å²) in [7, 11) is 0. The lowest BCUT2D eigenvalue weighted by Crippen LogP contribution is -2.28. The highest BCUT2D eigenvalue weighted by atomic mass is 16.3. The topological polar surface area (TPSA) is 23.5 Å². The Morgan fingerprint density at radius 2 is 1.81 bits per heavy atom. The molecule has 1 aromatic rings. The van der Waals surface area contributed by atoms with Gasteiger partial charge in [0.15, 0.2) is 0 Å². The van der Waals surface area contributed by atoms with Gasteiger partial charge in [-0.2, -0.15) is 0 Å². The van der Waals surface area contributed by atoms with Gasteiger partial charge < -0.3 is 10.0 Å². The number of anilines is 1. The van der Waals surface area contributed by atoms with E-state index < -0.39 is 0 Å². The largest absolute Gasteiger partial charge is 0.508 e. The number of aromatic hydroxyl groups is 1. The summed E-state index contributed by atoms with van der Waals surface area (Å²) >= 11 is 0. The third-order valence-corrected chi connectivity index (χ3v) is 2.58. The van der Waals surface area contributed by atoms with Crippen LogP contribution in [0.5, 0.6) is 5.75 Å². The van der Waals surface area contributed by atoms with E-state index in [9.17, 15) is 5.11 Å².